The Morgan fingerprint density at radius 2 is 1.97 bits per heavy atom. The molecule has 1 aliphatic carbocycles. The van der Waals surface area contributed by atoms with E-state index in [-0.39, 0.29) is 17.2 Å². The Kier molecular flexibility index (Phi) is 6.87. The topological polar surface area (TPSA) is 102 Å². The van der Waals surface area contributed by atoms with Gasteiger partial charge in [0.25, 0.3) is 0 Å². The fraction of sp³-hybridized carbons (Fsp3) is 0.364. The number of nitrogens with one attached hydrogen (secondary N) is 2. The lowest BCUT2D eigenvalue weighted by molar-refractivity contribution is 0.136. The summed E-state index contributed by atoms with van der Waals surface area (Å²) in [5.41, 5.74) is 1.20. The van der Waals surface area contributed by atoms with Crippen molar-refractivity contribution in [3.63, 3.8) is 0 Å². The highest BCUT2D eigenvalue weighted by molar-refractivity contribution is 7.88. The molecule has 3 aromatic rings. The summed E-state index contributed by atoms with van der Waals surface area (Å²) in [7, 11) is -1.75. The summed E-state index contributed by atoms with van der Waals surface area (Å²) in [6.45, 7) is 0. The van der Waals surface area contributed by atoms with Gasteiger partial charge in [-0.05, 0) is 43.5 Å². The first-order valence-corrected chi connectivity index (χ1v) is 12.7. The maximum absolute atomic E-state index is 13.5. The number of hydrogen-bond donors (Lipinski definition) is 2. The zero-order valence-corrected chi connectivity index (χ0v) is 19.7. The average Bonchev–Trinajstić information content (AvgIpc) is 2.75. The number of sulfonamides is 1. The van der Waals surface area contributed by atoms with Crippen molar-refractivity contribution in [2.75, 3.05) is 18.7 Å². The minimum Gasteiger partial charge on any atom is -0.493 e. The van der Waals surface area contributed by atoms with E-state index in [2.05, 4.69) is 20.0 Å². The van der Waals surface area contributed by atoms with Crippen LogP contribution in [-0.4, -0.2) is 43.9 Å². The second kappa shape index (κ2) is 9.66. The molecule has 0 amide bonds. The molecule has 2 N–H and O–H groups in total. The van der Waals surface area contributed by atoms with Crippen LogP contribution in [0.2, 0.25) is 5.02 Å². The lowest BCUT2D eigenvalue weighted by Gasteiger charge is -2.30. The van der Waals surface area contributed by atoms with Crippen LogP contribution in [0.3, 0.4) is 0 Å². The number of nitrogens with zero attached hydrogens (tertiary/aromatic N) is 2. The summed E-state index contributed by atoms with van der Waals surface area (Å²) in [6.07, 6.45) is 5.36. The van der Waals surface area contributed by atoms with E-state index in [0.29, 0.717) is 40.3 Å². The number of fused-ring (bicyclic) bond motifs is 1. The molecule has 33 heavy (non-hydrogen) atoms. The van der Waals surface area contributed by atoms with Crippen LogP contribution in [0.4, 0.5) is 15.9 Å². The van der Waals surface area contributed by atoms with Gasteiger partial charge in [-0.1, -0.05) is 11.6 Å². The van der Waals surface area contributed by atoms with Gasteiger partial charge < -0.3 is 14.8 Å². The fourth-order valence-corrected chi connectivity index (χ4v) is 4.97. The molecule has 176 valence electrons. The number of aromatic nitrogens is 2. The predicted molar refractivity (Wildman–Crippen MR) is 125 cm³/mol. The van der Waals surface area contributed by atoms with Gasteiger partial charge in [0.15, 0.2) is 11.5 Å². The fourth-order valence-electron chi connectivity index (χ4n) is 3.97. The number of halogens is 2. The molecule has 0 aliphatic heterocycles. The Bertz CT molecular complexity index is 1270. The predicted octanol–water partition coefficient (Wildman–Crippen LogP) is 4.41. The largest absolute Gasteiger partial charge is 0.493 e. The van der Waals surface area contributed by atoms with Crippen LogP contribution >= 0.6 is 11.6 Å². The molecule has 0 spiro atoms. The van der Waals surface area contributed by atoms with Crippen molar-refractivity contribution in [2.45, 2.75) is 37.8 Å². The summed E-state index contributed by atoms with van der Waals surface area (Å²) in [4.78, 5) is 8.63. The van der Waals surface area contributed by atoms with E-state index < -0.39 is 15.8 Å². The molecule has 2 atom stereocenters. The van der Waals surface area contributed by atoms with Crippen molar-refractivity contribution in [2.24, 2.45) is 0 Å². The quantitative estimate of drug-likeness (QED) is 0.501. The zero-order valence-electron chi connectivity index (χ0n) is 18.1. The Labute approximate surface area is 196 Å². The number of hydrogen-bond acceptors (Lipinski definition) is 7. The molecule has 1 saturated carbocycles. The lowest BCUT2D eigenvalue weighted by atomic mass is 9.93. The van der Waals surface area contributed by atoms with Crippen molar-refractivity contribution in [1.82, 2.24) is 14.7 Å². The van der Waals surface area contributed by atoms with Crippen LogP contribution in [0.5, 0.6) is 11.5 Å². The Morgan fingerprint density at radius 3 is 2.70 bits per heavy atom. The van der Waals surface area contributed by atoms with Gasteiger partial charge in [0.1, 0.15) is 24.1 Å². The van der Waals surface area contributed by atoms with Gasteiger partial charge in [-0.3, -0.25) is 0 Å². The Hall–Kier alpha value is -2.69. The molecule has 1 aromatic heterocycles. The van der Waals surface area contributed by atoms with E-state index in [0.717, 1.165) is 25.5 Å². The standard InChI is InChI=1S/C22H24ClFN4O4S/c1-31-20-11-19-16(22(26-12-25-19)27-13-6-7-18(24)17(23)9-13)10-21(20)32-15-5-3-4-14(8-15)28-33(2,29)30/h6-7,9-12,14-15,28H,3-5,8H2,1-2H3,(H,25,26,27). The molecule has 2 aromatic carbocycles. The van der Waals surface area contributed by atoms with Gasteiger partial charge in [-0.25, -0.2) is 27.5 Å². The Balaban J connectivity index is 1.62. The zero-order chi connectivity index (χ0) is 23.6. The summed E-state index contributed by atoms with van der Waals surface area (Å²) < 4.78 is 51.2. The second-order valence-electron chi connectivity index (χ2n) is 7.99. The maximum Gasteiger partial charge on any atom is 0.208 e. The monoisotopic (exact) mass is 494 g/mol. The number of methoxy groups -OCH3 is 1. The van der Waals surface area contributed by atoms with E-state index >= 15 is 0 Å². The molecule has 8 nitrogen and oxygen atoms in total. The van der Waals surface area contributed by atoms with Crippen LogP contribution in [0.1, 0.15) is 25.7 Å². The van der Waals surface area contributed by atoms with Crippen LogP contribution in [0, 0.1) is 5.82 Å². The molecule has 0 bridgehead atoms. The number of ether oxygens (including phenoxy) is 2. The molecule has 1 aliphatic rings. The third-order valence-corrected chi connectivity index (χ3v) is 6.45. The number of anilines is 2. The van der Waals surface area contributed by atoms with Crippen molar-refractivity contribution >= 4 is 44.0 Å². The summed E-state index contributed by atoms with van der Waals surface area (Å²) in [5, 5.41) is 3.82. The number of benzene rings is 2. The van der Waals surface area contributed by atoms with Crippen LogP contribution < -0.4 is 19.5 Å². The molecule has 2 unspecified atom stereocenters. The molecule has 1 heterocycles. The second-order valence-corrected chi connectivity index (χ2v) is 10.2. The van der Waals surface area contributed by atoms with Crippen molar-refractivity contribution in [3.8, 4) is 11.5 Å². The molecule has 11 heteroatoms. The van der Waals surface area contributed by atoms with Gasteiger partial charge in [-0.15, -0.1) is 0 Å². The van der Waals surface area contributed by atoms with Gasteiger partial charge in [0, 0.05) is 29.6 Å². The molecular weight excluding hydrogens is 471 g/mol. The molecule has 1 fully saturated rings. The first kappa shape index (κ1) is 23.5. The van der Waals surface area contributed by atoms with Crippen LogP contribution in [-0.2, 0) is 10.0 Å². The molecule has 0 radical (unpaired) electrons. The summed E-state index contributed by atoms with van der Waals surface area (Å²) in [5.74, 6) is 1.00. The lowest BCUT2D eigenvalue weighted by Crippen LogP contribution is -2.40. The van der Waals surface area contributed by atoms with E-state index in [1.807, 2.05) is 0 Å². The highest BCUT2D eigenvalue weighted by Crippen LogP contribution is 2.37. The Morgan fingerprint density at radius 1 is 1.15 bits per heavy atom. The van der Waals surface area contributed by atoms with E-state index in [4.69, 9.17) is 21.1 Å². The molecular formula is C22H24ClFN4O4S. The average molecular weight is 495 g/mol. The minimum atomic E-state index is -3.29. The van der Waals surface area contributed by atoms with Gasteiger partial charge in [-0.2, -0.15) is 0 Å². The van der Waals surface area contributed by atoms with E-state index in [1.165, 1.54) is 18.5 Å². The summed E-state index contributed by atoms with van der Waals surface area (Å²) >= 11 is 5.90. The van der Waals surface area contributed by atoms with Gasteiger partial charge >= 0.3 is 0 Å². The normalized spacial score (nSPS) is 18.8. The van der Waals surface area contributed by atoms with Gasteiger partial charge in [0.2, 0.25) is 10.0 Å². The molecule has 0 saturated heterocycles. The van der Waals surface area contributed by atoms with Gasteiger partial charge in [0.05, 0.1) is 23.9 Å². The first-order valence-electron chi connectivity index (χ1n) is 10.4. The minimum absolute atomic E-state index is 0.00129. The highest BCUT2D eigenvalue weighted by Gasteiger charge is 2.26. The summed E-state index contributed by atoms with van der Waals surface area (Å²) in [6, 6.07) is 7.68. The van der Waals surface area contributed by atoms with Crippen LogP contribution in [0.15, 0.2) is 36.7 Å². The SMILES string of the molecule is COc1cc2ncnc(Nc3ccc(F)c(Cl)c3)c2cc1OC1CCCC(NS(C)(=O)=O)C1. The highest BCUT2D eigenvalue weighted by atomic mass is 35.5. The van der Waals surface area contributed by atoms with Crippen molar-refractivity contribution < 1.29 is 22.3 Å². The third-order valence-electron chi connectivity index (χ3n) is 5.40. The van der Waals surface area contributed by atoms with Crippen molar-refractivity contribution in [1.29, 1.82) is 0 Å². The van der Waals surface area contributed by atoms with Crippen molar-refractivity contribution in [3.05, 3.63) is 47.5 Å². The maximum atomic E-state index is 13.5. The molecule has 4 rings (SSSR count). The van der Waals surface area contributed by atoms with E-state index in [1.54, 1.807) is 25.3 Å². The van der Waals surface area contributed by atoms with E-state index in [9.17, 15) is 12.8 Å². The first-order chi connectivity index (χ1) is 15.7. The number of rotatable bonds is 7. The smallest absolute Gasteiger partial charge is 0.208 e. The van der Waals surface area contributed by atoms with Crippen LogP contribution in [0.25, 0.3) is 10.9 Å². The third kappa shape index (κ3) is 5.82.